The highest BCUT2D eigenvalue weighted by molar-refractivity contribution is 6.01. The van der Waals surface area contributed by atoms with Crippen LogP contribution in [0.25, 0.3) is 0 Å². The van der Waals surface area contributed by atoms with Crippen LogP contribution in [-0.4, -0.2) is 85.9 Å². The SMILES string of the molecule is CC(C)(C)OC(=O)N1C(=O)C2C1[C@H]1C=C[C@@H]2C1.CC(C)(C)OC(=O)N1C(=O)[C@@H]2[C@H]1[C@H]1C=C[C@@H]2C1.CC(C)(C)OC(=O)N[C@@H]1[C@H](C(=O)O)[C@@H]2C=C[C@H]1C2. The number of amides is 5. The second-order valence-corrected chi connectivity index (χ2v) is 18.3. The highest BCUT2D eigenvalue weighted by Crippen LogP contribution is 2.54. The Balaban J connectivity index is 0.000000134. The second-order valence-electron chi connectivity index (χ2n) is 18.3. The van der Waals surface area contributed by atoms with E-state index in [1.807, 2.05) is 53.7 Å². The lowest BCUT2D eigenvalue weighted by Gasteiger charge is -2.46. The van der Waals surface area contributed by atoms with Crippen LogP contribution in [0.2, 0.25) is 0 Å². The molecule has 8 aliphatic rings. The summed E-state index contributed by atoms with van der Waals surface area (Å²) >= 11 is 0. The number of allylic oxidation sites excluding steroid dienone is 3. The molecule has 13 nitrogen and oxygen atoms in total. The lowest BCUT2D eigenvalue weighted by atomic mass is 9.80. The molecule has 5 fully saturated rings. The number of hydrogen-bond donors (Lipinski definition) is 2. The molecule has 5 amide bonds. The van der Waals surface area contributed by atoms with E-state index < -0.39 is 47.0 Å². The molecule has 0 aromatic carbocycles. The average Bonchev–Trinajstić information content (AvgIpc) is 3.82. The lowest BCUT2D eigenvalue weighted by molar-refractivity contribution is -0.155. The maximum atomic E-state index is 12.0. The Morgan fingerprint density at radius 1 is 0.596 bits per heavy atom. The summed E-state index contributed by atoms with van der Waals surface area (Å²) in [7, 11) is 0. The number of carbonyl (C=O) groups excluding carboxylic acids is 5. The fourth-order valence-corrected chi connectivity index (χ4v) is 9.25. The van der Waals surface area contributed by atoms with Crippen LogP contribution < -0.4 is 5.32 Å². The summed E-state index contributed by atoms with van der Waals surface area (Å²) in [5, 5.41) is 11.9. The van der Waals surface area contributed by atoms with Gasteiger partial charge in [-0.3, -0.25) is 14.4 Å². The Labute approximate surface area is 305 Å². The molecule has 52 heavy (non-hydrogen) atoms. The van der Waals surface area contributed by atoms with E-state index in [4.69, 9.17) is 14.2 Å². The minimum Gasteiger partial charge on any atom is -0.481 e. The van der Waals surface area contributed by atoms with Crippen molar-refractivity contribution >= 4 is 36.1 Å². The van der Waals surface area contributed by atoms with Gasteiger partial charge in [-0.1, -0.05) is 36.5 Å². The number of hydrogen-bond acceptors (Lipinski definition) is 9. The first-order valence-electron chi connectivity index (χ1n) is 18.4. The first kappa shape index (κ1) is 37.6. The van der Waals surface area contributed by atoms with Crippen molar-refractivity contribution in [2.75, 3.05) is 0 Å². The third-order valence-electron chi connectivity index (χ3n) is 11.1. The summed E-state index contributed by atoms with van der Waals surface area (Å²) in [5.74, 6) is 0.159. The van der Waals surface area contributed by atoms with Gasteiger partial charge in [0.15, 0.2) is 0 Å². The van der Waals surface area contributed by atoms with E-state index in [-0.39, 0.29) is 53.6 Å². The zero-order chi connectivity index (χ0) is 38.2. The van der Waals surface area contributed by atoms with Gasteiger partial charge in [0, 0.05) is 0 Å². The largest absolute Gasteiger partial charge is 0.481 e. The van der Waals surface area contributed by atoms with Gasteiger partial charge in [0.05, 0.1) is 35.9 Å². The van der Waals surface area contributed by atoms with Crippen LogP contribution in [0.5, 0.6) is 0 Å². The molecule has 284 valence electrons. The van der Waals surface area contributed by atoms with Crippen LogP contribution in [-0.2, 0) is 28.6 Å². The van der Waals surface area contributed by atoms with Crippen LogP contribution >= 0.6 is 0 Å². The number of β-lactam (4-membered cyclic amide) rings is 2. The fourth-order valence-electron chi connectivity index (χ4n) is 9.25. The van der Waals surface area contributed by atoms with Gasteiger partial charge in [-0.25, -0.2) is 24.2 Å². The quantitative estimate of drug-likeness (QED) is 0.205. The van der Waals surface area contributed by atoms with Gasteiger partial charge < -0.3 is 24.6 Å². The number of carboxylic acids is 1. The molecule has 2 saturated heterocycles. The zero-order valence-corrected chi connectivity index (χ0v) is 31.5. The predicted octanol–water partition coefficient (Wildman–Crippen LogP) is 5.70. The first-order valence-corrected chi connectivity index (χ1v) is 18.4. The normalized spacial score (nSPS) is 36.5. The van der Waals surface area contributed by atoms with E-state index >= 15 is 0 Å². The number of fused-ring (bicyclic) bond motifs is 12. The van der Waals surface area contributed by atoms with Crippen LogP contribution in [0.1, 0.15) is 81.6 Å². The number of carboxylic acid groups (broad SMARTS) is 1. The summed E-state index contributed by atoms with van der Waals surface area (Å²) in [5.41, 5.74) is -1.66. The minimum absolute atomic E-state index is 0.0347. The maximum Gasteiger partial charge on any atom is 0.417 e. The third kappa shape index (κ3) is 7.11. The molecule has 2 heterocycles. The van der Waals surface area contributed by atoms with Gasteiger partial charge in [-0.05, 0) is 117 Å². The Bertz CT molecular complexity index is 1530. The van der Waals surface area contributed by atoms with Crippen LogP contribution in [0, 0.1) is 53.3 Å². The van der Waals surface area contributed by atoms with E-state index in [0.717, 1.165) is 19.3 Å². The Kier molecular flexibility index (Phi) is 9.44. The van der Waals surface area contributed by atoms with Gasteiger partial charge in [0.1, 0.15) is 16.8 Å². The van der Waals surface area contributed by atoms with Gasteiger partial charge in [0.2, 0.25) is 11.8 Å². The summed E-state index contributed by atoms with van der Waals surface area (Å²) in [4.78, 5) is 73.4. The van der Waals surface area contributed by atoms with Crippen LogP contribution in [0.4, 0.5) is 14.4 Å². The van der Waals surface area contributed by atoms with Crippen molar-refractivity contribution in [3.05, 3.63) is 36.5 Å². The Hall–Kier alpha value is -4.16. The molecular formula is C39H53N3O10. The zero-order valence-electron chi connectivity index (χ0n) is 31.5. The number of nitrogens with one attached hydrogen (secondary N) is 1. The number of imide groups is 2. The van der Waals surface area contributed by atoms with E-state index in [1.165, 1.54) is 9.80 Å². The molecule has 0 spiro atoms. The average molecular weight is 724 g/mol. The number of ether oxygens (including phenoxy) is 3. The van der Waals surface area contributed by atoms with Gasteiger partial charge in [-0.2, -0.15) is 0 Å². The number of rotatable bonds is 2. The van der Waals surface area contributed by atoms with Crippen molar-refractivity contribution in [2.24, 2.45) is 53.3 Å². The number of aliphatic carboxylic acids is 1. The molecule has 2 N–H and O–H groups in total. The monoisotopic (exact) mass is 723 g/mol. The highest BCUT2D eigenvalue weighted by atomic mass is 16.6. The van der Waals surface area contributed by atoms with Crippen molar-refractivity contribution in [2.45, 2.75) is 117 Å². The molecule has 13 heteroatoms. The fraction of sp³-hybridized carbons (Fsp3) is 0.692. The topological polar surface area (TPSA) is 169 Å². The molecule has 6 bridgehead atoms. The van der Waals surface area contributed by atoms with E-state index in [9.17, 15) is 33.9 Å². The number of carbonyl (C=O) groups is 6. The van der Waals surface area contributed by atoms with Crippen molar-refractivity contribution in [3.8, 4) is 0 Å². The predicted molar refractivity (Wildman–Crippen MR) is 187 cm³/mol. The summed E-state index contributed by atoms with van der Waals surface area (Å²) in [6.07, 6.45) is 13.8. The van der Waals surface area contributed by atoms with Crippen LogP contribution in [0.3, 0.4) is 0 Å². The number of likely N-dealkylation sites (tertiary alicyclic amines) is 2. The van der Waals surface area contributed by atoms with Gasteiger partial charge in [0.25, 0.3) is 0 Å². The van der Waals surface area contributed by atoms with Crippen molar-refractivity contribution in [1.82, 2.24) is 15.1 Å². The molecule has 3 saturated carbocycles. The number of nitrogens with zero attached hydrogens (tertiary/aromatic N) is 2. The molecule has 8 rings (SSSR count). The standard InChI is InChI=1S/C13H19NO4.2C13H17NO3/c1-13(2,3)18-12(17)14-10-8-5-4-7(6-8)9(10)11(15)16;2*1-13(2,3)17-12(16)14-10-8-5-4-7(6-8)9(10)11(14)15/h4-5,7-10H,6H2,1-3H3,(H,14,17)(H,15,16);2*4-5,7-10H,6H2,1-3H3/t7-,8+,9-,10+;7-,8+,9?,10?;7-,8+,9+,10-/m111/s1. The summed E-state index contributed by atoms with van der Waals surface area (Å²) < 4.78 is 15.7. The minimum atomic E-state index is -0.854. The van der Waals surface area contributed by atoms with Crippen molar-refractivity contribution in [1.29, 1.82) is 0 Å². The molecule has 0 aromatic rings. The molecule has 12 atom stereocenters. The molecule has 2 aliphatic heterocycles. The van der Waals surface area contributed by atoms with Gasteiger partial charge in [-0.15, -0.1) is 0 Å². The molecular weight excluding hydrogens is 670 g/mol. The van der Waals surface area contributed by atoms with E-state index in [2.05, 4.69) is 29.6 Å². The second kappa shape index (κ2) is 13.1. The molecule has 6 aliphatic carbocycles. The highest BCUT2D eigenvalue weighted by Gasteiger charge is 2.64. The molecule has 0 radical (unpaired) electrons. The Morgan fingerprint density at radius 3 is 1.37 bits per heavy atom. The third-order valence-corrected chi connectivity index (χ3v) is 11.1. The Morgan fingerprint density at radius 2 is 0.962 bits per heavy atom. The van der Waals surface area contributed by atoms with E-state index in [1.54, 1.807) is 20.8 Å². The summed E-state index contributed by atoms with van der Waals surface area (Å²) in [6.45, 7) is 16.2. The number of alkyl carbamates (subject to hydrolysis) is 1. The van der Waals surface area contributed by atoms with Crippen molar-refractivity contribution < 1.29 is 48.1 Å². The van der Waals surface area contributed by atoms with Crippen molar-refractivity contribution in [3.63, 3.8) is 0 Å². The lowest BCUT2D eigenvalue weighted by Crippen LogP contribution is -2.65. The van der Waals surface area contributed by atoms with E-state index in [0.29, 0.717) is 23.7 Å². The maximum absolute atomic E-state index is 12.0. The molecule has 0 aromatic heterocycles. The molecule has 2 unspecified atom stereocenters. The van der Waals surface area contributed by atoms with Crippen LogP contribution in [0.15, 0.2) is 36.5 Å². The smallest absolute Gasteiger partial charge is 0.417 e. The first-order chi connectivity index (χ1) is 24.0. The van der Waals surface area contributed by atoms with Gasteiger partial charge >= 0.3 is 24.2 Å². The summed E-state index contributed by atoms with van der Waals surface area (Å²) in [6, 6.07) is -0.230.